The van der Waals surface area contributed by atoms with Gasteiger partial charge in [-0.25, -0.2) is 0 Å². The molecule has 0 radical (unpaired) electrons. The Labute approximate surface area is 117 Å². The summed E-state index contributed by atoms with van der Waals surface area (Å²) in [4.78, 5) is 3.37. The van der Waals surface area contributed by atoms with Gasteiger partial charge in [0.15, 0.2) is 0 Å². The lowest BCUT2D eigenvalue weighted by Gasteiger charge is -2.30. The van der Waals surface area contributed by atoms with Crippen molar-refractivity contribution in [3.63, 3.8) is 0 Å². The number of benzene rings is 1. The fourth-order valence-corrected chi connectivity index (χ4v) is 3.22. The van der Waals surface area contributed by atoms with Crippen LogP contribution in [0.4, 0.5) is 0 Å². The second kappa shape index (κ2) is 3.96. The number of aryl methyl sites for hydroxylation is 2. The van der Waals surface area contributed by atoms with Crippen LogP contribution in [0.25, 0.3) is 10.9 Å². The van der Waals surface area contributed by atoms with Crippen LogP contribution < -0.4 is 0 Å². The number of aromatic nitrogens is 3. The van der Waals surface area contributed by atoms with Gasteiger partial charge < -0.3 is 10.1 Å². The zero-order valence-corrected chi connectivity index (χ0v) is 11.4. The van der Waals surface area contributed by atoms with E-state index in [-0.39, 0.29) is 0 Å². The lowest BCUT2D eigenvalue weighted by molar-refractivity contribution is 0.0184. The fraction of sp³-hybridized carbons (Fsp3) is 0.312. The van der Waals surface area contributed by atoms with Crippen molar-refractivity contribution < 1.29 is 5.11 Å². The summed E-state index contributed by atoms with van der Waals surface area (Å²) in [5, 5.41) is 16.6. The number of hydrogen-bond donors (Lipinski definition) is 2. The van der Waals surface area contributed by atoms with Gasteiger partial charge in [-0.2, -0.15) is 5.10 Å². The van der Waals surface area contributed by atoms with Crippen LogP contribution in [0.5, 0.6) is 0 Å². The quantitative estimate of drug-likeness (QED) is 0.710. The molecule has 102 valence electrons. The van der Waals surface area contributed by atoms with Gasteiger partial charge in [-0.1, -0.05) is 18.2 Å². The first kappa shape index (κ1) is 11.7. The van der Waals surface area contributed by atoms with Gasteiger partial charge in [0.05, 0.1) is 5.69 Å². The second-order valence-corrected chi connectivity index (χ2v) is 5.75. The Morgan fingerprint density at radius 1 is 1.35 bits per heavy atom. The Balaban J connectivity index is 1.77. The molecule has 1 atom stereocenters. The molecule has 2 aromatic heterocycles. The zero-order valence-electron chi connectivity index (χ0n) is 11.4. The Bertz CT molecular complexity index is 753. The van der Waals surface area contributed by atoms with E-state index in [0.717, 1.165) is 34.3 Å². The van der Waals surface area contributed by atoms with Crippen LogP contribution in [0.2, 0.25) is 0 Å². The molecule has 2 N–H and O–H groups in total. The maximum atomic E-state index is 11.0. The van der Waals surface area contributed by atoms with E-state index in [2.05, 4.69) is 22.2 Å². The molecule has 0 spiro atoms. The minimum absolute atomic E-state index is 0.628. The number of nitrogens with one attached hydrogen (secondary N) is 1. The maximum absolute atomic E-state index is 11.0. The van der Waals surface area contributed by atoms with Gasteiger partial charge in [0, 0.05) is 30.9 Å². The third kappa shape index (κ3) is 1.68. The molecule has 0 amide bonds. The summed E-state index contributed by atoms with van der Waals surface area (Å²) in [6.45, 7) is 0. The lowest BCUT2D eigenvalue weighted by atomic mass is 9.81. The van der Waals surface area contributed by atoms with Crippen LogP contribution >= 0.6 is 0 Å². The molecule has 1 unspecified atom stereocenters. The number of fused-ring (bicyclic) bond motifs is 2. The fourth-order valence-electron chi connectivity index (χ4n) is 3.22. The Morgan fingerprint density at radius 2 is 2.20 bits per heavy atom. The second-order valence-electron chi connectivity index (χ2n) is 5.75. The van der Waals surface area contributed by atoms with Gasteiger partial charge in [-0.15, -0.1) is 0 Å². The number of H-pyrrole nitrogens is 1. The molecule has 4 nitrogen and oxygen atoms in total. The molecule has 0 aliphatic heterocycles. The van der Waals surface area contributed by atoms with Crippen LogP contribution in [0.15, 0.2) is 36.5 Å². The van der Waals surface area contributed by atoms with Crippen molar-refractivity contribution in [3.8, 4) is 0 Å². The van der Waals surface area contributed by atoms with Gasteiger partial charge in [0.1, 0.15) is 5.60 Å². The molecule has 0 fully saturated rings. The molecule has 2 heterocycles. The monoisotopic (exact) mass is 267 g/mol. The summed E-state index contributed by atoms with van der Waals surface area (Å²) in [6, 6.07) is 10.2. The highest BCUT2D eigenvalue weighted by Crippen LogP contribution is 2.36. The number of hydrogen-bond acceptors (Lipinski definition) is 2. The average Bonchev–Trinajstić information content (AvgIpc) is 3.00. The molecule has 4 rings (SSSR count). The van der Waals surface area contributed by atoms with E-state index in [0.29, 0.717) is 12.8 Å². The first-order valence-electron chi connectivity index (χ1n) is 6.96. The summed E-state index contributed by atoms with van der Waals surface area (Å²) in [6.07, 6.45) is 4.18. The van der Waals surface area contributed by atoms with Gasteiger partial charge >= 0.3 is 0 Å². The Kier molecular flexibility index (Phi) is 2.32. The molecular weight excluding hydrogens is 250 g/mol. The van der Waals surface area contributed by atoms with Crippen molar-refractivity contribution in [3.05, 3.63) is 53.5 Å². The minimum Gasteiger partial charge on any atom is -0.383 e. The van der Waals surface area contributed by atoms with Crippen molar-refractivity contribution >= 4 is 10.9 Å². The van der Waals surface area contributed by atoms with Crippen LogP contribution in [-0.2, 0) is 25.5 Å². The largest absolute Gasteiger partial charge is 0.383 e. The zero-order chi connectivity index (χ0) is 13.7. The average molecular weight is 267 g/mol. The standard InChI is InChI=1S/C16H17N3O/c1-19-10-12-9-16(20,7-6-14(12)18-19)15-8-11-4-2-3-5-13(11)17-15/h2-5,8,10,17,20H,6-7,9H2,1H3. The highest BCUT2D eigenvalue weighted by atomic mass is 16.3. The molecular formula is C16H17N3O. The van der Waals surface area contributed by atoms with E-state index in [1.165, 1.54) is 0 Å². The van der Waals surface area contributed by atoms with E-state index in [1.54, 1.807) is 0 Å². The summed E-state index contributed by atoms with van der Waals surface area (Å²) in [5.41, 5.74) is 3.45. The first-order chi connectivity index (χ1) is 9.64. The number of aliphatic hydroxyl groups is 1. The normalized spacial score (nSPS) is 22.1. The molecule has 4 heteroatoms. The van der Waals surface area contributed by atoms with Gasteiger partial charge in [-0.3, -0.25) is 4.68 Å². The van der Waals surface area contributed by atoms with Crippen molar-refractivity contribution in [2.75, 3.05) is 0 Å². The SMILES string of the molecule is Cn1cc2c(n1)CCC(O)(c1cc3ccccc3[nH]1)C2. The predicted octanol–water partition coefficient (Wildman–Crippen LogP) is 2.28. The molecule has 3 aromatic rings. The molecule has 0 saturated carbocycles. The smallest absolute Gasteiger partial charge is 0.109 e. The van der Waals surface area contributed by atoms with Crippen molar-refractivity contribution in [2.24, 2.45) is 7.05 Å². The Hall–Kier alpha value is -2.07. The molecule has 0 saturated heterocycles. The van der Waals surface area contributed by atoms with Gasteiger partial charge in [0.2, 0.25) is 0 Å². The molecule has 1 aliphatic rings. The highest BCUT2D eigenvalue weighted by molar-refractivity contribution is 5.80. The van der Waals surface area contributed by atoms with Crippen molar-refractivity contribution in [1.82, 2.24) is 14.8 Å². The highest BCUT2D eigenvalue weighted by Gasteiger charge is 2.36. The van der Waals surface area contributed by atoms with E-state index in [4.69, 9.17) is 0 Å². The van der Waals surface area contributed by atoms with Crippen molar-refractivity contribution in [2.45, 2.75) is 24.9 Å². The maximum Gasteiger partial charge on any atom is 0.109 e. The number of rotatable bonds is 1. The molecule has 1 aliphatic carbocycles. The van der Waals surface area contributed by atoms with Crippen LogP contribution in [-0.4, -0.2) is 19.9 Å². The van der Waals surface area contributed by atoms with Crippen molar-refractivity contribution in [1.29, 1.82) is 0 Å². The van der Waals surface area contributed by atoms with Gasteiger partial charge in [-0.05, 0) is 35.9 Å². The lowest BCUT2D eigenvalue weighted by Crippen LogP contribution is -2.33. The topological polar surface area (TPSA) is 53.8 Å². The number of nitrogens with zero attached hydrogens (tertiary/aromatic N) is 2. The summed E-state index contributed by atoms with van der Waals surface area (Å²) < 4.78 is 1.83. The minimum atomic E-state index is -0.810. The van der Waals surface area contributed by atoms with Crippen LogP contribution in [0, 0.1) is 0 Å². The first-order valence-corrected chi connectivity index (χ1v) is 6.96. The summed E-state index contributed by atoms with van der Waals surface area (Å²) in [7, 11) is 1.93. The molecule has 20 heavy (non-hydrogen) atoms. The van der Waals surface area contributed by atoms with E-state index >= 15 is 0 Å². The summed E-state index contributed by atoms with van der Waals surface area (Å²) >= 11 is 0. The van der Waals surface area contributed by atoms with Crippen LogP contribution in [0.1, 0.15) is 23.4 Å². The van der Waals surface area contributed by atoms with E-state index < -0.39 is 5.60 Å². The molecule has 1 aromatic carbocycles. The number of aromatic amines is 1. The van der Waals surface area contributed by atoms with E-state index in [9.17, 15) is 5.11 Å². The Morgan fingerprint density at radius 3 is 3.05 bits per heavy atom. The van der Waals surface area contributed by atoms with Crippen LogP contribution in [0.3, 0.4) is 0 Å². The third-order valence-corrected chi connectivity index (χ3v) is 4.28. The molecule has 0 bridgehead atoms. The predicted molar refractivity (Wildman–Crippen MR) is 77.4 cm³/mol. The number of para-hydroxylation sites is 1. The van der Waals surface area contributed by atoms with E-state index in [1.807, 2.05) is 36.1 Å². The van der Waals surface area contributed by atoms with Gasteiger partial charge in [0.25, 0.3) is 0 Å². The summed E-state index contributed by atoms with van der Waals surface area (Å²) in [5.74, 6) is 0. The third-order valence-electron chi connectivity index (χ3n) is 4.28.